The number of rotatable bonds is 2. The Morgan fingerprint density at radius 3 is 2.00 bits per heavy atom. The maximum atomic E-state index is 9.19. The van der Waals surface area contributed by atoms with Crippen molar-refractivity contribution in [1.29, 1.82) is 0 Å². The number of hydrogen-bond acceptors (Lipinski definition) is 4. The van der Waals surface area contributed by atoms with Crippen LogP contribution < -0.4 is 0 Å². The summed E-state index contributed by atoms with van der Waals surface area (Å²) in [5.74, 6) is -3.07. The topological polar surface area (TPSA) is 89.8 Å². The summed E-state index contributed by atoms with van der Waals surface area (Å²) in [7, 11) is 0. The van der Waals surface area contributed by atoms with Gasteiger partial charge in [0.2, 0.25) is 0 Å². The van der Waals surface area contributed by atoms with E-state index in [1.807, 2.05) is 0 Å². The van der Waals surface area contributed by atoms with Gasteiger partial charge in [0.15, 0.2) is 0 Å². The zero-order valence-electron chi connectivity index (χ0n) is 3.94. The van der Waals surface area contributed by atoms with Gasteiger partial charge in [0.1, 0.15) is 6.10 Å². The summed E-state index contributed by atoms with van der Waals surface area (Å²) < 4.78 is 0. The molecule has 0 aromatic rings. The van der Waals surface area contributed by atoms with E-state index in [4.69, 9.17) is 15.3 Å². The molecule has 0 saturated carbocycles. The third kappa shape index (κ3) is 1.73. The molecule has 0 aromatic carbocycles. The van der Waals surface area contributed by atoms with Gasteiger partial charge in [-0.2, -0.15) is 0 Å². The fraction of sp³-hybridized carbons (Fsp3) is 0.667. The van der Waals surface area contributed by atoms with Gasteiger partial charge in [-0.25, -0.2) is 0 Å². The van der Waals surface area contributed by atoms with E-state index < -0.39 is 12.1 Å². The predicted molar refractivity (Wildman–Crippen MR) is 20.3 cm³/mol. The lowest BCUT2D eigenvalue weighted by Crippen LogP contribution is -2.41. The average Bonchev–Trinajstić information content (AvgIpc) is 1.67. The highest BCUT2D eigenvalue weighted by atomic mass is 17.2. The second kappa shape index (κ2) is 2.38. The smallest absolute Gasteiger partial charge is 0.337 e. The summed E-state index contributed by atoms with van der Waals surface area (Å²) in [5.41, 5.74) is 0. The van der Waals surface area contributed by atoms with Crippen LogP contribution in [0.5, 0.6) is 0 Å². The summed E-state index contributed by atoms with van der Waals surface area (Å²) in [6.07, 6.45) is -1.86. The van der Waals surface area contributed by atoms with Gasteiger partial charge in [-0.15, -0.1) is 4.89 Å². The molecular weight excluding hydrogens is 116 g/mol. The third-order valence-corrected chi connectivity index (χ3v) is 0.557. The van der Waals surface area contributed by atoms with E-state index >= 15 is 0 Å². The van der Waals surface area contributed by atoms with E-state index in [-0.39, 0.29) is 0 Å². The van der Waals surface area contributed by atoms with E-state index in [0.29, 0.717) is 0 Å². The second-order valence-corrected chi connectivity index (χ2v) is 1.26. The SMILES string of the molecule is [CH2]C(O)C(O)(O)O[O]. The molecule has 0 aliphatic heterocycles. The maximum absolute atomic E-state index is 9.19. The first-order valence-corrected chi connectivity index (χ1v) is 1.77. The molecule has 0 fully saturated rings. The molecule has 1 atom stereocenters. The molecule has 2 radical (unpaired) electrons. The van der Waals surface area contributed by atoms with E-state index in [9.17, 15) is 5.26 Å². The zero-order chi connectivity index (χ0) is 6.78. The number of hydrogen-bond donors (Lipinski definition) is 3. The summed E-state index contributed by atoms with van der Waals surface area (Å²) in [6, 6.07) is 0. The molecule has 3 N–H and O–H groups in total. The Labute approximate surface area is 45.7 Å². The number of aliphatic hydroxyl groups is 3. The van der Waals surface area contributed by atoms with Crippen molar-refractivity contribution >= 4 is 0 Å². The first-order chi connectivity index (χ1) is 3.50. The summed E-state index contributed by atoms with van der Waals surface area (Å²) in [5, 5.41) is 33.6. The van der Waals surface area contributed by atoms with Gasteiger partial charge in [-0.3, -0.25) is 0 Å². The lowest BCUT2D eigenvalue weighted by atomic mass is 10.3. The van der Waals surface area contributed by atoms with Crippen LogP contribution in [0, 0.1) is 6.92 Å². The Hall–Kier alpha value is -0.200. The van der Waals surface area contributed by atoms with Crippen LogP contribution in [-0.2, 0) is 10.1 Å². The summed E-state index contributed by atoms with van der Waals surface area (Å²) >= 11 is 0. The quantitative estimate of drug-likeness (QED) is 0.228. The van der Waals surface area contributed by atoms with Gasteiger partial charge >= 0.3 is 5.97 Å². The molecule has 8 heavy (non-hydrogen) atoms. The largest absolute Gasteiger partial charge is 0.385 e. The molecule has 1 unspecified atom stereocenters. The lowest BCUT2D eigenvalue weighted by molar-refractivity contribution is -0.514. The van der Waals surface area contributed by atoms with E-state index in [1.165, 1.54) is 0 Å². The molecular formula is C3H6O5. The highest BCUT2D eigenvalue weighted by molar-refractivity contribution is 4.64. The Morgan fingerprint density at radius 2 is 2.00 bits per heavy atom. The minimum atomic E-state index is -3.07. The third-order valence-electron chi connectivity index (χ3n) is 0.557. The molecule has 0 spiro atoms. The lowest BCUT2D eigenvalue weighted by Gasteiger charge is -2.17. The van der Waals surface area contributed by atoms with Crippen LogP contribution in [0.3, 0.4) is 0 Å². The van der Waals surface area contributed by atoms with Crippen molar-refractivity contribution in [2.24, 2.45) is 0 Å². The highest BCUT2D eigenvalue weighted by Gasteiger charge is 2.32. The fourth-order valence-corrected chi connectivity index (χ4v) is 0.0555. The van der Waals surface area contributed by atoms with Crippen molar-refractivity contribution < 1.29 is 25.5 Å². The molecule has 0 aliphatic rings. The van der Waals surface area contributed by atoms with Crippen molar-refractivity contribution in [2.75, 3.05) is 0 Å². The molecule has 0 bridgehead atoms. The van der Waals surface area contributed by atoms with Crippen molar-refractivity contribution in [3.8, 4) is 0 Å². The summed E-state index contributed by atoms with van der Waals surface area (Å²) in [4.78, 5) is 2.75. The van der Waals surface area contributed by atoms with Gasteiger partial charge in [0, 0.05) is 0 Å². The molecule has 0 heterocycles. The minimum Gasteiger partial charge on any atom is -0.385 e. The monoisotopic (exact) mass is 122 g/mol. The Morgan fingerprint density at radius 1 is 1.62 bits per heavy atom. The Balaban J connectivity index is 3.71. The number of aliphatic hydroxyl groups excluding tert-OH is 1. The second-order valence-electron chi connectivity index (χ2n) is 1.26. The first kappa shape index (κ1) is 7.80. The molecule has 0 amide bonds. The first-order valence-electron chi connectivity index (χ1n) is 1.77. The standard InChI is InChI=1S/C3H6O5/c1-2(4)3(5,6)8-7/h2,4-6H,1H2. The van der Waals surface area contributed by atoms with Crippen molar-refractivity contribution in [3.63, 3.8) is 0 Å². The minimum absolute atomic E-state index is 1.86. The van der Waals surface area contributed by atoms with Gasteiger partial charge < -0.3 is 15.3 Å². The molecule has 5 heteroatoms. The Bertz CT molecular complexity index is 68.1. The van der Waals surface area contributed by atoms with Gasteiger partial charge in [-0.05, 0) is 12.2 Å². The van der Waals surface area contributed by atoms with Gasteiger partial charge in [-0.1, -0.05) is 0 Å². The van der Waals surface area contributed by atoms with Crippen LogP contribution in [0.4, 0.5) is 0 Å². The van der Waals surface area contributed by atoms with Gasteiger partial charge in [0.05, 0.1) is 0 Å². The van der Waals surface area contributed by atoms with Crippen LogP contribution in [0.15, 0.2) is 0 Å². The van der Waals surface area contributed by atoms with Crippen LogP contribution >= 0.6 is 0 Å². The fourth-order valence-electron chi connectivity index (χ4n) is 0.0555. The maximum Gasteiger partial charge on any atom is 0.337 e. The van der Waals surface area contributed by atoms with Crippen LogP contribution in [0.25, 0.3) is 0 Å². The van der Waals surface area contributed by atoms with Crippen LogP contribution in [-0.4, -0.2) is 27.4 Å². The average molecular weight is 122 g/mol. The van der Waals surface area contributed by atoms with Crippen LogP contribution in [0.1, 0.15) is 0 Å². The van der Waals surface area contributed by atoms with E-state index in [1.54, 1.807) is 0 Å². The molecule has 0 aromatic heterocycles. The van der Waals surface area contributed by atoms with E-state index in [0.717, 1.165) is 0 Å². The molecule has 0 saturated heterocycles. The Kier molecular flexibility index (Phi) is 2.32. The molecule has 0 aliphatic carbocycles. The van der Waals surface area contributed by atoms with E-state index in [2.05, 4.69) is 11.8 Å². The van der Waals surface area contributed by atoms with Crippen LogP contribution in [0.2, 0.25) is 0 Å². The molecule has 0 rings (SSSR count). The van der Waals surface area contributed by atoms with Gasteiger partial charge in [0.25, 0.3) is 0 Å². The molecule has 48 valence electrons. The normalized spacial score (nSPS) is 16.1. The van der Waals surface area contributed by atoms with Crippen molar-refractivity contribution in [3.05, 3.63) is 6.92 Å². The van der Waals surface area contributed by atoms with Crippen molar-refractivity contribution in [1.82, 2.24) is 0 Å². The summed E-state index contributed by atoms with van der Waals surface area (Å²) in [6.45, 7) is 2.71. The molecule has 5 nitrogen and oxygen atoms in total. The highest BCUT2D eigenvalue weighted by Crippen LogP contribution is 2.04. The van der Waals surface area contributed by atoms with Crippen molar-refractivity contribution in [2.45, 2.75) is 12.1 Å². The predicted octanol–water partition coefficient (Wildman–Crippen LogP) is -1.82. The zero-order valence-corrected chi connectivity index (χ0v) is 3.94.